The van der Waals surface area contributed by atoms with Gasteiger partial charge in [0.15, 0.2) is 5.82 Å². The van der Waals surface area contributed by atoms with E-state index in [2.05, 4.69) is 15.4 Å². The first-order valence-corrected chi connectivity index (χ1v) is 4.12. The molecule has 0 bridgehead atoms. The number of benzene rings is 1. The maximum atomic E-state index is 5.82. The molecule has 0 fully saturated rings. The molecule has 2 rings (SSSR count). The van der Waals surface area contributed by atoms with Gasteiger partial charge in [-0.05, 0) is 17.3 Å². The summed E-state index contributed by atoms with van der Waals surface area (Å²) >= 11 is 0. The Bertz CT molecular complexity index is 349. The lowest BCUT2D eigenvalue weighted by Crippen LogP contribution is -2.26. The maximum Gasteiger partial charge on any atom is 0.173 e. The van der Waals surface area contributed by atoms with Crippen LogP contribution in [-0.4, -0.2) is 15.4 Å². The van der Waals surface area contributed by atoms with Crippen molar-refractivity contribution in [2.45, 2.75) is 0 Å². The molecule has 0 spiro atoms. The first-order valence-electron chi connectivity index (χ1n) is 4.12. The van der Waals surface area contributed by atoms with Gasteiger partial charge in [0.25, 0.3) is 0 Å². The van der Waals surface area contributed by atoms with Gasteiger partial charge in [0, 0.05) is 6.07 Å². The Morgan fingerprint density at radius 3 is 2.50 bits per heavy atom. The third-order valence-corrected chi connectivity index (χ3v) is 1.77. The van der Waals surface area contributed by atoms with Crippen LogP contribution in [0.5, 0.6) is 0 Å². The molecule has 70 valence electrons. The van der Waals surface area contributed by atoms with Crippen LogP contribution in [0.25, 0.3) is 0 Å². The predicted octanol–water partition coefficient (Wildman–Crippen LogP) is 0.883. The molecule has 0 unspecified atom stereocenters. The number of anilines is 2. The van der Waals surface area contributed by atoms with Gasteiger partial charge in [-0.15, -0.1) is 10.2 Å². The summed E-state index contributed by atoms with van der Waals surface area (Å²) in [4.78, 5) is 0. The summed E-state index contributed by atoms with van der Waals surface area (Å²) in [5, 5.41) is 12.3. The van der Waals surface area contributed by atoms with Crippen LogP contribution in [-0.2, 0) is 0 Å². The Hall–Kier alpha value is -2.01. The molecular formula is C9H9N5. The summed E-state index contributed by atoms with van der Waals surface area (Å²) in [6, 6.07) is 11.2. The van der Waals surface area contributed by atoms with Gasteiger partial charge in [-0.1, -0.05) is 18.2 Å². The second-order valence-electron chi connectivity index (χ2n) is 2.68. The van der Waals surface area contributed by atoms with E-state index in [1.54, 1.807) is 12.3 Å². The van der Waals surface area contributed by atoms with E-state index in [4.69, 9.17) is 5.84 Å². The lowest BCUT2D eigenvalue weighted by molar-refractivity contribution is 0.842. The van der Waals surface area contributed by atoms with Crippen LogP contribution in [0.15, 0.2) is 42.6 Å². The Balaban J connectivity index is 2.30. The molecule has 5 nitrogen and oxygen atoms in total. The number of para-hydroxylation sites is 1. The number of hydrogen-bond acceptors (Lipinski definition) is 5. The van der Waals surface area contributed by atoms with Crippen LogP contribution in [0.1, 0.15) is 0 Å². The first kappa shape index (κ1) is 8.58. The molecular weight excluding hydrogens is 178 g/mol. The minimum absolute atomic E-state index is 0.561. The number of nitrogens with zero attached hydrogens (tertiary/aromatic N) is 4. The van der Waals surface area contributed by atoms with Gasteiger partial charge in [-0.3, -0.25) is 5.01 Å². The van der Waals surface area contributed by atoms with Crippen molar-refractivity contribution in [2.24, 2.45) is 5.84 Å². The molecule has 0 aliphatic heterocycles. The fourth-order valence-electron chi connectivity index (χ4n) is 1.08. The van der Waals surface area contributed by atoms with Crippen LogP contribution < -0.4 is 10.9 Å². The van der Waals surface area contributed by atoms with Crippen LogP contribution in [0.4, 0.5) is 11.5 Å². The van der Waals surface area contributed by atoms with Crippen LogP contribution >= 0.6 is 0 Å². The van der Waals surface area contributed by atoms with Crippen molar-refractivity contribution < 1.29 is 0 Å². The number of rotatable bonds is 2. The minimum atomic E-state index is 0.561. The van der Waals surface area contributed by atoms with Crippen molar-refractivity contribution >= 4 is 11.5 Å². The van der Waals surface area contributed by atoms with Crippen LogP contribution in [0, 0.1) is 0 Å². The van der Waals surface area contributed by atoms with Gasteiger partial charge < -0.3 is 0 Å². The highest BCUT2D eigenvalue weighted by atomic mass is 15.5. The average Bonchev–Trinajstić information content (AvgIpc) is 2.30. The highest BCUT2D eigenvalue weighted by molar-refractivity contribution is 5.56. The van der Waals surface area contributed by atoms with E-state index >= 15 is 0 Å². The lowest BCUT2D eigenvalue weighted by Gasteiger charge is -2.15. The third-order valence-electron chi connectivity index (χ3n) is 1.77. The second-order valence-corrected chi connectivity index (χ2v) is 2.68. The van der Waals surface area contributed by atoms with Crippen LogP contribution in [0.2, 0.25) is 0 Å². The van der Waals surface area contributed by atoms with Gasteiger partial charge in [0.05, 0.1) is 11.9 Å². The van der Waals surface area contributed by atoms with Gasteiger partial charge >= 0.3 is 0 Å². The van der Waals surface area contributed by atoms with Gasteiger partial charge in [0.2, 0.25) is 0 Å². The molecule has 2 N–H and O–H groups in total. The zero-order valence-electron chi connectivity index (χ0n) is 7.41. The highest BCUT2D eigenvalue weighted by Gasteiger charge is 2.04. The van der Waals surface area contributed by atoms with E-state index in [0.717, 1.165) is 5.69 Å². The fourth-order valence-corrected chi connectivity index (χ4v) is 1.08. The molecule has 0 saturated carbocycles. The molecule has 5 heteroatoms. The van der Waals surface area contributed by atoms with Crippen molar-refractivity contribution in [1.82, 2.24) is 15.4 Å². The molecule has 1 aromatic heterocycles. The Kier molecular flexibility index (Phi) is 2.33. The molecule has 2 aromatic rings. The second kappa shape index (κ2) is 3.80. The minimum Gasteiger partial charge on any atom is -0.261 e. The summed E-state index contributed by atoms with van der Waals surface area (Å²) in [5.74, 6) is 6.38. The zero-order valence-corrected chi connectivity index (χ0v) is 7.41. The van der Waals surface area contributed by atoms with Gasteiger partial charge in [-0.25, -0.2) is 5.84 Å². The Morgan fingerprint density at radius 1 is 1.07 bits per heavy atom. The largest absolute Gasteiger partial charge is 0.261 e. The number of aromatic nitrogens is 3. The molecule has 0 aliphatic carbocycles. The van der Waals surface area contributed by atoms with Gasteiger partial charge in [-0.2, -0.15) is 0 Å². The molecule has 0 atom stereocenters. The normalized spacial score (nSPS) is 9.79. The number of nitrogens with two attached hydrogens (primary N) is 1. The topological polar surface area (TPSA) is 67.9 Å². The van der Waals surface area contributed by atoms with Crippen molar-refractivity contribution in [3.63, 3.8) is 0 Å². The van der Waals surface area contributed by atoms with E-state index in [1.165, 1.54) is 5.01 Å². The SMILES string of the molecule is NN(c1ccccc1)c1ccnnn1. The Labute approximate surface area is 81.2 Å². The summed E-state index contributed by atoms with van der Waals surface area (Å²) in [7, 11) is 0. The van der Waals surface area contributed by atoms with E-state index in [0.29, 0.717) is 5.82 Å². The summed E-state index contributed by atoms with van der Waals surface area (Å²) in [6.07, 6.45) is 1.55. The van der Waals surface area contributed by atoms with Crippen molar-refractivity contribution in [3.05, 3.63) is 42.6 Å². The summed E-state index contributed by atoms with van der Waals surface area (Å²) in [6.45, 7) is 0. The summed E-state index contributed by atoms with van der Waals surface area (Å²) < 4.78 is 0. The van der Waals surface area contributed by atoms with Crippen molar-refractivity contribution in [2.75, 3.05) is 5.01 Å². The van der Waals surface area contributed by atoms with Crippen molar-refractivity contribution in [1.29, 1.82) is 0 Å². The molecule has 14 heavy (non-hydrogen) atoms. The monoisotopic (exact) mass is 187 g/mol. The molecule has 0 amide bonds. The summed E-state index contributed by atoms with van der Waals surface area (Å²) in [5.41, 5.74) is 0.855. The van der Waals surface area contributed by atoms with Gasteiger partial charge in [0.1, 0.15) is 0 Å². The molecule has 1 aromatic carbocycles. The maximum absolute atomic E-state index is 5.82. The Morgan fingerprint density at radius 2 is 1.86 bits per heavy atom. The van der Waals surface area contributed by atoms with Crippen molar-refractivity contribution in [3.8, 4) is 0 Å². The predicted molar refractivity (Wildman–Crippen MR) is 52.6 cm³/mol. The average molecular weight is 187 g/mol. The number of hydrazine groups is 1. The number of hydrogen-bond donors (Lipinski definition) is 1. The quantitative estimate of drug-likeness (QED) is 0.558. The molecule has 0 aliphatic rings. The van der Waals surface area contributed by atoms with E-state index in [9.17, 15) is 0 Å². The van der Waals surface area contributed by atoms with Crippen LogP contribution in [0.3, 0.4) is 0 Å². The smallest absolute Gasteiger partial charge is 0.173 e. The standard InChI is InChI=1S/C9H9N5/c10-14(8-4-2-1-3-5-8)9-6-7-11-13-12-9/h1-7H,10H2. The lowest BCUT2D eigenvalue weighted by atomic mass is 10.3. The third kappa shape index (κ3) is 1.67. The fraction of sp³-hybridized carbons (Fsp3) is 0. The molecule has 0 saturated heterocycles. The highest BCUT2D eigenvalue weighted by Crippen LogP contribution is 2.16. The van der Waals surface area contributed by atoms with E-state index in [-0.39, 0.29) is 0 Å². The zero-order chi connectivity index (χ0) is 9.80. The molecule has 0 radical (unpaired) electrons. The first-order chi connectivity index (χ1) is 6.88. The molecule has 1 heterocycles. The van der Waals surface area contributed by atoms with E-state index in [1.807, 2.05) is 30.3 Å². The van der Waals surface area contributed by atoms with E-state index < -0.39 is 0 Å².